The van der Waals surface area contributed by atoms with Crippen LogP contribution >= 0.6 is 0 Å². The monoisotopic (exact) mass is 394 g/mol. The van der Waals surface area contributed by atoms with Gasteiger partial charge < -0.3 is 19.5 Å². The summed E-state index contributed by atoms with van der Waals surface area (Å²) >= 11 is 0. The number of carbonyl (C=O) groups is 1. The van der Waals surface area contributed by atoms with Gasteiger partial charge in [0, 0.05) is 31.9 Å². The summed E-state index contributed by atoms with van der Waals surface area (Å²) < 4.78 is 16.8. The zero-order chi connectivity index (χ0) is 19.6. The van der Waals surface area contributed by atoms with Crippen molar-refractivity contribution in [3.63, 3.8) is 0 Å². The normalized spacial score (nSPS) is 20.9. The number of carbonyl (C=O) groups excluding carboxylic acids is 1. The molecule has 2 aromatic rings. The van der Waals surface area contributed by atoms with Gasteiger partial charge in [0.1, 0.15) is 19.3 Å². The highest BCUT2D eigenvalue weighted by Gasteiger charge is 2.24. The van der Waals surface area contributed by atoms with E-state index in [1.54, 1.807) is 0 Å². The highest BCUT2D eigenvalue weighted by atomic mass is 16.6. The molecule has 0 bridgehead atoms. The molecule has 1 N–H and O–H groups in total. The first-order chi connectivity index (χ1) is 14.2. The second-order valence-electron chi connectivity index (χ2n) is 7.91. The topological polar surface area (TPSA) is 60.0 Å². The molecule has 1 saturated heterocycles. The lowest BCUT2D eigenvalue weighted by atomic mass is 9.98. The summed E-state index contributed by atoms with van der Waals surface area (Å²) in [6.07, 6.45) is 2.47. The summed E-state index contributed by atoms with van der Waals surface area (Å²) in [5.41, 5.74) is 4.71. The van der Waals surface area contributed by atoms with Crippen molar-refractivity contribution in [2.24, 2.45) is 0 Å². The first-order valence-electron chi connectivity index (χ1n) is 10.4. The van der Waals surface area contributed by atoms with Crippen molar-refractivity contribution < 1.29 is 19.0 Å². The van der Waals surface area contributed by atoms with Crippen LogP contribution in [0.15, 0.2) is 36.4 Å². The molecule has 29 heavy (non-hydrogen) atoms. The predicted molar refractivity (Wildman–Crippen MR) is 109 cm³/mol. The van der Waals surface area contributed by atoms with Gasteiger partial charge in [-0.3, -0.25) is 9.69 Å². The Balaban J connectivity index is 1.25. The van der Waals surface area contributed by atoms with Gasteiger partial charge in [0.15, 0.2) is 11.5 Å². The van der Waals surface area contributed by atoms with E-state index >= 15 is 0 Å². The van der Waals surface area contributed by atoms with Gasteiger partial charge in [0.2, 0.25) is 0 Å². The van der Waals surface area contributed by atoms with E-state index in [2.05, 4.69) is 34.5 Å². The lowest BCUT2D eigenvalue weighted by molar-refractivity contribution is -0.124. The minimum atomic E-state index is -0.308. The second kappa shape index (κ2) is 8.05. The maximum absolute atomic E-state index is 12.3. The van der Waals surface area contributed by atoms with Crippen LogP contribution in [0.3, 0.4) is 0 Å². The predicted octanol–water partition coefficient (Wildman–Crippen LogP) is 3.13. The summed E-state index contributed by atoms with van der Waals surface area (Å²) in [4.78, 5) is 14.8. The quantitative estimate of drug-likeness (QED) is 0.863. The number of nitrogens with zero attached hydrogens (tertiary/aromatic N) is 1. The smallest absolute Gasteiger partial charge is 0.253 e. The van der Waals surface area contributed by atoms with E-state index in [0.717, 1.165) is 56.1 Å². The SMILES string of the molecule is O=C(Nc1ccc2c(c1)CN(Cc1ccc3c(c1)OCCO3)CC2)C1CCCO1. The Morgan fingerprint density at radius 1 is 1.03 bits per heavy atom. The number of benzene rings is 2. The van der Waals surface area contributed by atoms with E-state index < -0.39 is 0 Å². The fourth-order valence-corrected chi connectivity index (χ4v) is 4.28. The Bertz CT molecular complexity index is 908. The third kappa shape index (κ3) is 4.09. The second-order valence-corrected chi connectivity index (χ2v) is 7.91. The van der Waals surface area contributed by atoms with Crippen molar-refractivity contribution in [3.8, 4) is 11.5 Å². The van der Waals surface area contributed by atoms with Crippen molar-refractivity contribution in [2.45, 2.75) is 38.5 Å². The van der Waals surface area contributed by atoms with E-state index in [4.69, 9.17) is 14.2 Å². The zero-order valence-electron chi connectivity index (χ0n) is 16.5. The van der Waals surface area contributed by atoms with E-state index in [9.17, 15) is 4.79 Å². The van der Waals surface area contributed by atoms with E-state index in [1.165, 1.54) is 16.7 Å². The molecule has 3 aliphatic heterocycles. The average Bonchev–Trinajstić information content (AvgIpc) is 3.29. The number of anilines is 1. The number of fused-ring (bicyclic) bond motifs is 2. The largest absolute Gasteiger partial charge is 0.486 e. The maximum atomic E-state index is 12.3. The van der Waals surface area contributed by atoms with Crippen LogP contribution in [0, 0.1) is 0 Å². The Hall–Kier alpha value is -2.57. The van der Waals surface area contributed by atoms with Gasteiger partial charge in [-0.05, 0) is 60.2 Å². The van der Waals surface area contributed by atoms with Crippen molar-refractivity contribution in [1.82, 2.24) is 4.90 Å². The van der Waals surface area contributed by atoms with Gasteiger partial charge in [-0.1, -0.05) is 12.1 Å². The molecule has 0 radical (unpaired) electrons. The third-order valence-electron chi connectivity index (χ3n) is 5.80. The molecule has 3 aliphatic rings. The number of amides is 1. The summed E-state index contributed by atoms with van der Waals surface area (Å²) in [5, 5.41) is 3.02. The van der Waals surface area contributed by atoms with Crippen LogP contribution in [-0.2, 0) is 29.0 Å². The van der Waals surface area contributed by atoms with Crippen LogP contribution in [0.5, 0.6) is 11.5 Å². The average molecular weight is 394 g/mol. The van der Waals surface area contributed by atoms with Crippen molar-refractivity contribution in [2.75, 3.05) is 31.7 Å². The van der Waals surface area contributed by atoms with Crippen molar-refractivity contribution in [3.05, 3.63) is 53.1 Å². The van der Waals surface area contributed by atoms with Crippen LogP contribution in [0.25, 0.3) is 0 Å². The number of rotatable bonds is 4. The molecule has 1 amide bonds. The highest BCUT2D eigenvalue weighted by molar-refractivity contribution is 5.94. The summed E-state index contributed by atoms with van der Waals surface area (Å²) in [6.45, 7) is 4.64. The van der Waals surface area contributed by atoms with E-state index in [1.807, 2.05) is 12.1 Å². The van der Waals surface area contributed by atoms with Crippen LogP contribution < -0.4 is 14.8 Å². The fourth-order valence-electron chi connectivity index (χ4n) is 4.28. The summed E-state index contributed by atoms with van der Waals surface area (Å²) in [6, 6.07) is 12.5. The molecule has 6 heteroatoms. The molecule has 6 nitrogen and oxygen atoms in total. The molecule has 1 atom stereocenters. The number of hydrogen-bond donors (Lipinski definition) is 1. The third-order valence-corrected chi connectivity index (χ3v) is 5.80. The molecule has 2 aromatic carbocycles. The van der Waals surface area contributed by atoms with Crippen molar-refractivity contribution >= 4 is 11.6 Å². The molecule has 0 saturated carbocycles. The fraction of sp³-hybridized carbons (Fsp3) is 0.435. The first kappa shape index (κ1) is 18.5. The van der Waals surface area contributed by atoms with Crippen LogP contribution in [0.1, 0.15) is 29.5 Å². The molecular formula is C23H26N2O4. The van der Waals surface area contributed by atoms with E-state index in [-0.39, 0.29) is 12.0 Å². The van der Waals surface area contributed by atoms with Gasteiger partial charge in [-0.25, -0.2) is 0 Å². The Labute approximate surface area is 170 Å². The van der Waals surface area contributed by atoms with Gasteiger partial charge in [-0.2, -0.15) is 0 Å². The molecule has 0 spiro atoms. The molecule has 1 fully saturated rings. The molecule has 5 rings (SSSR count). The molecule has 1 unspecified atom stereocenters. The molecule has 0 aliphatic carbocycles. The molecule has 0 aromatic heterocycles. The minimum Gasteiger partial charge on any atom is -0.486 e. The molecule has 3 heterocycles. The Kier molecular flexibility index (Phi) is 5.12. The molecule has 152 valence electrons. The van der Waals surface area contributed by atoms with Gasteiger partial charge >= 0.3 is 0 Å². The minimum absolute atomic E-state index is 0.0357. The Morgan fingerprint density at radius 3 is 2.79 bits per heavy atom. The summed E-state index contributed by atoms with van der Waals surface area (Å²) in [5.74, 6) is 1.63. The van der Waals surface area contributed by atoms with Gasteiger partial charge in [-0.15, -0.1) is 0 Å². The first-order valence-corrected chi connectivity index (χ1v) is 10.4. The number of nitrogens with one attached hydrogen (secondary N) is 1. The highest BCUT2D eigenvalue weighted by Crippen LogP contribution is 2.32. The van der Waals surface area contributed by atoms with Crippen LogP contribution in [0.4, 0.5) is 5.69 Å². The lowest BCUT2D eigenvalue weighted by Gasteiger charge is -2.29. The number of hydrogen-bond acceptors (Lipinski definition) is 5. The zero-order valence-corrected chi connectivity index (χ0v) is 16.5. The maximum Gasteiger partial charge on any atom is 0.253 e. The standard InChI is InChI=1S/C23H26N2O4/c26-23(21-2-1-9-27-21)24-19-5-4-17-7-8-25(15-18(17)13-19)14-16-3-6-20-22(12-16)29-11-10-28-20/h3-6,12-13,21H,1-2,7-11,14-15H2,(H,24,26). The van der Waals surface area contributed by atoms with Crippen LogP contribution in [-0.4, -0.2) is 43.3 Å². The number of ether oxygens (including phenoxy) is 3. The Morgan fingerprint density at radius 2 is 1.93 bits per heavy atom. The van der Waals surface area contributed by atoms with E-state index in [0.29, 0.717) is 19.8 Å². The lowest BCUT2D eigenvalue weighted by Crippen LogP contribution is -2.30. The van der Waals surface area contributed by atoms with Gasteiger partial charge in [0.25, 0.3) is 5.91 Å². The van der Waals surface area contributed by atoms with Gasteiger partial charge in [0.05, 0.1) is 0 Å². The van der Waals surface area contributed by atoms with Crippen LogP contribution in [0.2, 0.25) is 0 Å². The molecular weight excluding hydrogens is 368 g/mol. The van der Waals surface area contributed by atoms with Crippen molar-refractivity contribution in [1.29, 1.82) is 0 Å². The summed E-state index contributed by atoms with van der Waals surface area (Å²) in [7, 11) is 0.